The Bertz CT molecular complexity index is 466. The number of rotatable bonds is 7. The Morgan fingerprint density at radius 2 is 1.90 bits per heavy atom. The molecule has 1 aliphatic rings. The molecule has 2 rings (SSSR count). The van der Waals surface area contributed by atoms with Crippen molar-refractivity contribution in [2.24, 2.45) is 0 Å². The lowest BCUT2D eigenvalue weighted by atomic mass is 10.0. The Morgan fingerprint density at radius 3 is 2.62 bits per heavy atom. The van der Waals surface area contributed by atoms with Gasteiger partial charge in [-0.05, 0) is 63.9 Å². The van der Waals surface area contributed by atoms with Crippen LogP contribution in [0.15, 0.2) is 18.2 Å². The van der Waals surface area contributed by atoms with Crippen LogP contribution >= 0.6 is 0 Å². The van der Waals surface area contributed by atoms with E-state index in [2.05, 4.69) is 4.90 Å². The topological polar surface area (TPSA) is 20.3 Å². The third-order valence-electron chi connectivity index (χ3n) is 4.32. The van der Waals surface area contributed by atoms with Gasteiger partial charge >= 0.3 is 0 Å². The second kappa shape index (κ2) is 8.28. The van der Waals surface area contributed by atoms with Gasteiger partial charge in [0, 0.05) is 12.0 Å². The number of Topliss-reactive ketones (excluding diaryl/α,β-unsaturated/α-hetero) is 1. The molecule has 0 amide bonds. The van der Waals surface area contributed by atoms with Crippen molar-refractivity contribution in [3.05, 3.63) is 35.1 Å². The fourth-order valence-corrected chi connectivity index (χ4v) is 2.89. The number of aryl methyl sites for hydroxylation is 1. The van der Waals surface area contributed by atoms with E-state index in [0.29, 0.717) is 17.5 Å². The van der Waals surface area contributed by atoms with Crippen molar-refractivity contribution < 1.29 is 9.18 Å². The SMILES string of the molecule is Cc1ccc(C(=O)CCCCCN2CCCCC2)cc1F. The van der Waals surface area contributed by atoms with Crippen molar-refractivity contribution in [1.29, 1.82) is 0 Å². The second-order valence-electron chi connectivity index (χ2n) is 6.10. The molecule has 3 heteroatoms. The summed E-state index contributed by atoms with van der Waals surface area (Å²) in [5.41, 5.74) is 1.10. The highest BCUT2D eigenvalue weighted by Gasteiger charge is 2.10. The first kappa shape index (κ1) is 16.2. The number of nitrogens with zero attached hydrogens (tertiary/aromatic N) is 1. The molecule has 0 radical (unpaired) electrons. The maximum Gasteiger partial charge on any atom is 0.162 e. The van der Waals surface area contributed by atoms with E-state index in [1.54, 1.807) is 19.1 Å². The van der Waals surface area contributed by atoms with Crippen molar-refractivity contribution in [3.63, 3.8) is 0 Å². The van der Waals surface area contributed by atoms with Gasteiger partial charge in [0.25, 0.3) is 0 Å². The fraction of sp³-hybridized carbons (Fsp3) is 0.611. The van der Waals surface area contributed by atoms with Crippen LogP contribution in [0.5, 0.6) is 0 Å². The minimum Gasteiger partial charge on any atom is -0.303 e. The van der Waals surface area contributed by atoms with Crippen LogP contribution in [0.1, 0.15) is 60.9 Å². The van der Waals surface area contributed by atoms with Crippen LogP contribution in [0.2, 0.25) is 0 Å². The van der Waals surface area contributed by atoms with Gasteiger partial charge in [0.15, 0.2) is 5.78 Å². The van der Waals surface area contributed by atoms with E-state index in [1.807, 2.05) is 0 Å². The number of ketones is 1. The first-order chi connectivity index (χ1) is 10.2. The molecule has 0 N–H and O–H groups in total. The number of halogens is 1. The zero-order valence-electron chi connectivity index (χ0n) is 13.0. The fourth-order valence-electron chi connectivity index (χ4n) is 2.89. The summed E-state index contributed by atoms with van der Waals surface area (Å²) in [6.45, 7) is 5.35. The molecule has 1 aromatic carbocycles. The molecular formula is C18H26FNO. The summed E-state index contributed by atoms with van der Waals surface area (Å²) in [4.78, 5) is 14.5. The monoisotopic (exact) mass is 291 g/mol. The van der Waals surface area contributed by atoms with E-state index in [9.17, 15) is 9.18 Å². The highest BCUT2D eigenvalue weighted by molar-refractivity contribution is 5.96. The Labute approximate surface area is 127 Å². The lowest BCUT2D eigenvalue weighted by Gasteiger charge is -2.26. The summed E-state index contributed by atoms with van der Waals surface area (Å²) in [7, 11) is 0. The second-order valence-corrected chi connectivity index (χ2v) is 6.10. The van der Waals surface area contributed by atoms with Gasteiger partial charge < -0.3 is 4.90 Å². The zero-order valence-corrected chi connectivity index (χ0v) is 13.0. The molecule has 0 atom stereocenters. The standard InChI is InChI=1S/C18H26FNO/c1-15-9-10-16(14-17(15)19)18(21)8-4-2-5-11-20-12-6-3-7-13-20/h9-10,14H,2-8,11-13H2,1H3. The Kier molecular flexibility index (Phi) is 6.37. The smallest absolute Gasteiger partial charge is 0.162 e. The van der Waals surface area contributed by atoms with Crippen molar-refractivity contribution >= 4 is 5.78 Å². The maximum atomic E-state index is 13.4. The Morgan fingerprint density at radius 1 is 1.14 bits per heavy atom. The quantitative estimate of drug-likeness (QED) is 0.549. The molecule has 1 aromatic rings. The van der Waals surface area contributed by atoms with Gasteiger partial charge in [-0.15, -0.1) is 0 Å². The molecule has 0 spiro atoms. The summed E-state index contributed by atoms with van der Waals surface area (Å²) in [6, 6.07) is 4.78. The molecule has 1 saturated heterocycles. The summed E-state index contributed by atoms with van der Waals surface area (Å²) < 4.78 is 13.4. The van der Waals surface area contributed by atoms with E-state index in [0.717, 1.165) is 25.8 Å². The van der Waals surface area contributed by atoms with Crippen LogP contribution in [0, 0.1) is 12.7 Å². The average Bonchev–Trinajstić information content (AvgIpc) is 2.50. The summed E-state index contributed by atoms with van der Waals surface area (Å²) in [5, 5.41) is 0. The molecule has 0 unspecified atom stereocenters. The first-order valence-electron chi connectivity index (χ1n) is 8.18. The molecule has 0 saturated carbocycles. The molecule has 0 aliphatic carbocycles. The first-order valence-corrected chi connectivity index (χ1v) is 8.18. The van der Waals surface area contributed by atoms with Crippen LogP contribution in [-0.4, -0.2) is 30.3 Å². The van der Waals surface area contributed by atoms with Crippen molar-refractivity contribution in [3.8, 4) is 0 Å². The number of carbonyl (C=O) groups is 1. The molecule has 1 aliphatic heterocycles. The van der Waals surface area contributed by atoms with E-state index >= 15 is 0 Å². The third kappa shape index (κ3) is 5.24. The highest BCUT2D eigenvalue weighted by atomic mass is 19.1. The van der Waals surface area contributed by atoms with Crippen LogP contribution in [0.25, 0.3) is 0 Å². The van der Waals surface area contributed by atoms with Crippen molar-refractivity contribution in [2.45, 2.75) is 51.9 Å². The van der Waals surface area contributed by atoms with E-state index in [4.69, 9.17) is 0 Å². The molecule has 1 heterocycles. The van der Waals surface area contributed by atoms with Gasteiger partial charge in [-0.2, -0.15) is 0 Å². The summed E-state index contributed by atoms with van der Waals surface area (Å²) >= 11 is 0. The lowest BCUT2D eigenvalue weighted by molar-refractivity contribution is 0.0978. The van der Waals surface area contributed by atoms with Gasteiger partial charge in [-0.3, -0.25) is 4.79 Å². The summed E-state index contributed by atoms with van der Waals surface area (Å²) in [5.74, 6) is -0.224. The van der Waals surface area contributed by atoms with Crippen molar-refractivity contribution in [1.82, 2.24) is 4.90 Å². The van der Waals surface area contributed by atoms with Crippen LogP contribution in [-0.2, 0) is 0 Å². The number of likely N-dealkylation sites (tertiary alicyclic amines) is 1. The van der Waals surface area contributed by atoms with Crippen LogP contribution in [0.3, 0.4) is 0 Å². The van der Waals surface area contributed by atoms with Crippen LogP contribution in [0.4, 0.5) is 4.39 Å². The molecule has 0 aromatic heterocycles. The summed E-state index contributed by atoms with van der Waals surface area (Å²) in [6.07, 6.45) is 7.71. The Hall–Kier alpha value is -1.22. The number of hydrogen-bond donors (Lipinski definition) is 0. The van der Waals surface area contributed by atoms with Gasteiger partial charge in [0.05, 0.1) is 0 Å². The van der Waals surface area contributed by atoms with Gasteiger partial charge in [-0.1, -0.05) is 25.0 Å². The predicted octanol–water partition coefficient (Wildman–Crippen LogP) is 4.36. The van der Waals surface area contributed by atoms with Crippen molar-refractivity contribution in [2.75, 3.05) is 19.6 Å². The van der Waals surface area contributed by atoms with E-state index < -0.39 is 0 Å². The van der Waals surface area contributed by atoms with Gasteiger partial charge in [-0.25, -0.2) is 4.39 Å². The average molecular weight is 291 g/mol. The van der Waals surface area contributed by atoms with E-state index in [-0.39, 0.29) is 11.6 Å². The number of unbranched alkanes of at least 4 members (excludes halogenated alkanes) is 2. The number of carbonyl (C=O) groups excluding carboxylic acids is 1. The van der Waals surface area contributed by atoms with Gasteiger partial charge in [0.1, 0.15) is 5.82 Å². The highest BCUT2D eigenvalue weighted by Crippen LogP contribution is 2.14. The number of benzene rings is 1. The number of hydrogen-bond acceptors (Lipinski definition) is 2. The van der Waals surface area contributed by atoms with Gasteiger partial charge in [0.2, 0.25) is 0 Å². The van der Waals surface area contributed by atoms with E-state index in [1.165, 1.54) is 38.4 Å². The Balaban J connectivity index is 1.63. The molecule has 2 nitrogen and oxygen atoms in total. The minimum atomic E-state index is -0.286. The van der Waals surface area contributed by atoms with Crippen LogP contribution < -0.4 is 0 Å². The maximum absolute atomic E-state index is 13.4. The third-order valence-corrected chi connectivity index (χ3v) is 4.32. The zero-order chi connectivity index (χ0) is 15.1. The normalized spacial score (nSPS) is 16.1. The minimum absolute atomic E-state index is 0.0619. The molecule has 21 heavy (non-hydrogen) atoms. The largest absolute Gasteiger partial charge is 0.303 e. The predicted molar refractivity (Wildman–Crippen MR) is 84.2 cm³/mol. The number of piperidine rings is 1. The molecule has 0 bridgehead atoms. The molecular weight excluding hydrogens is 265 g/mol. The molecule has 1 fully saturated rings. The molecule has 116 valence electrons. The lowest BCUT2D eigenvalue weighted by Crippen LogP contribution is -2.30.